The minimum Gasteiger partial charge on any atom is -0.479 e. The van der Waals surface area contributed by atoms with Crippen molar-refractivity contribution in [2.24, 2.45) is 4.99 Å². The third-order valence-corrected chi connectivity index (χ3v) is 8.69. The number of nitrogens with zero attached hydrogens (tertiary/aromatic N) is 2. The number of esters is 1. The second kappa shape index (κ2) is 12.5. The Hall–Kier alpha value is -3.21. The minimum absolute atomic E-state index is 0.177. The largest absolute Gasteiger partial charge is 0.479 e. The van der Waals surface area contributed by atoms with Crippen LogP contribution in [0.25, 0.3) is 11.8 Å². The number of hydrogen-bond acceptors (Lipinski definition) is 6. The lowest BCUT2D eigenvalue weighted by Gasteiger charge is -2.25. The molecule has 0 spiro atoms. The van der Waals surface area contributed by atoms with Crippen LogP contribution >= 0.6 is 56.5 Å². The molecule has 0 saturated carbocycles. The highest BCUT2D eigenvalue weighted by atomic mass is 127. The van der Waals surface area contributed by atoms with E-state index in [9.17, 15) is 9.59 Å². The van der Waals surface area contributed by atoms with Crippen LogP contribution in [0.15, 0.2) is 88.2 Å². The number of hydrogen-bond donors (Lipinski definition) is 0. The van der Waals surface area contributed by atoms with Gasteiger partial charge < -0.3 is 9.47 Å². The van der Waals surface area contributed by atoms with Gasteiger partial charge in [0.1, 0.15) is 12.4 Å². The summed E-state index contributed by atoms with van der Waals surface area (Å²) in [6.45, 7) is 2.14. The molecule has 2 heterocycles. The van der Waals surface area contributed by atoms with Gasteiger partial charge in [0, 0.05) is 5.56 Å². The number of thiazole rings is 1. The van der Waals surface area contributed by atoms with Gasteiger partial charge in [-0.1, -0.05) is 77.9 Å². The van der Waals surface area contributed by atoms with Gasteiger partial charge in [0.05, 0.1) is 35.6 Å². The zero-order chi connectivity index (χ0) is 28.2. The predicted octanol–water partition coefficient (Wildman–Crippen LogP) is 5.16. The molecule has 4 aromatic rings. The highest BCUT2D eigenvalue weighted by Gasteiger charge is 2.35. The first-order valence-electron chi connectivity index (χ1n) is 12.3. The Bertz CT molecular complexity index is 1820. The van der Waals surface area contributed by atoms with E-state index in [1.165, 1.54) is 11.3 Å². The van der Waals surface area contributed by atoms with E-state index >= 15 is 0 Å². The lowest BCUT2D eigenvalue weighted by atomic mass is 9.93. The number of fused-ring (bicyclic) bond motifs is 1. The highest BCUT2D eigenvalue weighted by molar-refractivity contribution is 14.1. The van der Waals surface area contributed by atoms with E-state index in [1.54, 1.807) is 11.5 Å². The second-order valence-corrected chi connectivity index (χ2v) is 12.0. The van der Waals surface area contributed by atoms with Crippen LogP contribution in [0, 0.1) is 19.5 Å². The van der Waals surface area contributed by atoms with Gasteiger partial charge in [-0.25, -0.2) is 9.79 Å². The molecule has 40 heavy (non-hydrogen) atoms. The van der Waals surface area contributed by atoms with Gasteiger partial charge in [-0.2, -0.15) is 0 Å². The van der Waals surface area contributed by atoms with Gasteiger partial charge in [0.25, 0.3) is 5.56 Å². The number of aromatic nitrogens is 1. The van der Waals surface area contributed by atoms with Gasteiger partial charge in [0.15, 0.2) is 4.80 Å². The topological polar surface area (TPSA) is 69.9 Å². The highest BCUT2D eigenvalue weighted by Crippen LogP contribution is 2.35. The van der Waals surface area contributed by atoms with Gasteiger partial charge in [-0.3, -0.25) is 9.36 Å². The smallest absolute Gasteiger partial charge is 0.338 e. The van der Waals surface area contributed by atoms with Crippen LogP contribution in [0.2, 0.25) is 0 Å². The molecule has 200 valence electrons. The van der Waals surface area contributed by atoms with Gasteiger partial charge in [0.2, 0.25) is 0 Å². The number of terminal acetylenes is 1. The van der Waals surface area contributed by atoms with Gasteiger partial charge >= 0.3 is 5.97 Å². The maximum atomic E-state index is 14.0. The number of ether oxygens (including phenoxy) is 2. The van der Waals surface area contributed by atoms with Crippen molar-refractivity contribution in [3.05, 3.63) is 122 Å². The van der Waals surface area contributed by atoms with Crippen LogP contribution < -0.4 is 19.6 Å². The van der Waals surface area contributed by atoms with Crippen molar-refractivity contribution in [1.29, 1.82) is 0 Å². The number of rotatable bonds is 7. The molecule has 0 aliphatic carbocycles. The molecule has 9 heteroatoms. The van der Waals surface area contributed by atoms with Crippen molar-refractivity contribution in [2.75, 3.05) is 13.2 Å². The van der Waals surface area contributed by atoms with Crippen LogP contribution in [0.5, 0.6) is 5.75 Å². The van der Waals surface area contributed by atoms with Crippen molar-refractivity contribution >= 4 is 74.3 Å². The number of benzene rings is 3. The molecule has 1 aliphatic rings. The lowest BCUT2D eigenvalue weighted by Crippen LogP contribution is -2.40. The van der Waals surface area contributed by atoms with Gasteiger partial charge in [-0.05, 0) is 81.4 Å². The summed E-state index contributed by atoms with van der Waals surface area (Å²) in [5, 5.41) is 0. The fourth-order valence-electron chi connectivity index (χ4n) is 4.46. The van der Waals surface area contributed by atoms with E-state index in [4.69, 9.17) is 20.9 Å². The summed E-state index contributed by atoms with van der Waals surface area (Å²) < 4.78 is 15.1. The first-order valence-corrected chi connectivity index (χ1v) is 15.3. The maximum absolute atomic E-state index is 14.0. The Balaban J connectivity index is 1.76. The molecule has 1 aliphatic heterocycles. The number of carbonyl (C=O) groups excluding carboxylic acids is 1. The van der Waals surface area contributed by atoms with E-state index in [0.717, 1.165) is 23.8 Å². The molecule has 0 bridgehead atoms. The molecule has 6 nitrogen and oxygen atoms in total. The normalized spacial score (nSPS) is 14.8. The van der Waals surface area contributed by atoms with Crippen molar-refractivity contribution in [3.63, 3.8) is 0 Å². The summed E-state index contributed by atoms with van der Waals surface area (Å²) in [7, 11) is 0. The molecule has 5 rings (SSSR count). The average Bonchev–Trinajstić information content (AvgIpc) is 3.27. The van der Waals surface area contributed by atoms with E-state index in [0.29, 0.717) is 26.4 Å². The SMILES string of the molecule is C#CCOc1c(I)cc(/C=c2\sc3n(c2=O)[C@H](c2ccccc2)C(C(=O)OCC)=C(c2ccccc2)N=3)cc1I. The number of carbonyl (C=O) groups is 1. The molecule has 0 amide bonds. The third kappa shape index (κ3) is 5.66. The Kier molecular flexibility index (Phi) is 8.87. The monoisotopic (exact) mass is 772 g/mol. The molecule has 1 atom stereocenters. The van der Waals surface area contributed by atoms with Crippen LogP contribution in [-0.2, 0) is 9.53 Å². The number of halogens is 2. The van der Waals surface area contributed by atoms with E-state index in [1.807, 2.05) is 78.9 Å². The fourth-order valence-corrected chi connectivity index (χ4v) is 7.59. The summed E-state index contributed by atoms with van der Waals surface area (Å²) in [5.74, 6) is 2.70. The standard InChI is InChI=1S/C31H22I2N2O4S/c1-3-15-39-28-22(32)16-19(17-23(28)33)18-24-29(36)35-27(21-13-9-6-10-14-21)25(30(37)38-4-2)26(34-31(35)40-24)20-11-7-5-8-12-20/h1,5-14,16-18,27H,4,15H2,2H3/b24-18-/t27-/m1/s1. The van der Waals surface area contributed by atoms with Crippen molar-refractivity contribution < 1.29 is 14.3 Å². The van der Waals surface area contributed by atoms with Crippen molar-refractivity contribution in [1.82, 2.24) is 4.57 Å². The molecule has 0 unspecified atom stereocenters. The second-order valence-electron chi connectivity index (χ2n) is 8.65. The maximum Gasteiger partial charge on any atom is 0.338 e. The molecule has 0 saturated heterocycles. The molecule has 0 radical (unpaired) electrons. The van der Waals surface area contributed by atoms with E-state index < -0.39 is 12.0 Å². The first-order chi connectivity index (χ1) is 19.4. The van der Waals surface area contributed by atoms with E-state index in [-0.39, 0.29) is 18.8 Å². The van der Waals surface area contributed by atoms with Crippen LogP contribution in [0.3, 0.4) is 0 Å². The average molecular weight is 772 g/mol. The third-order valence-electron chi connectivity index (χ3n) is 6.11. The fraction of sp³-hybridized carbons (Fsp3) is 0.129. The van der Waals surface area contributed by atoms with Crippen LogP contribution in [0.1, 0.15) is 29.7 Å². The quantitative estimate of drug-likeness (QED) is 0.148. The summed E-state index contributed by atoms with van der Waals surface area (Å²) in [4.78, 5) is 32.9. The van der Waals surface area contributed by atoms with Crippen LogP contribution in [-0.4, -0.2) is 23.8 Å². The molecule has 0 N–H and O–H groups in total. The zero-order valence-corrected chi connectivity index (χ0v) is 26.4. The molecule has 1 aromatic heterocycles. The van der Waals surface area contributed by atoms with Crippen molar-refractivity contribution in [3.8, 4) is 18.1 Å². The Morgan fingerprint density at radius 3 is 2.38 bits per heavy atom. The Morgan fingerprint density at radius 1 is 1.10 bits per heavy atom. The summed E-state index contributed by atoms with van der Waals surface area (Å²) in [6, 6.07) is 22.2. The summed E-state index contributed by atoms with van der Waals surface area (Å²) >= 11 is 5.69. The lowest BCUT2D eigenvalue weighted by molar-refractivity contribution is -0.138. The molecular formula is C31H22I2N2O4S. The van der Waals surface area contributed by atoms with Gasteiger partial charge in [-0.15, -0.1) is 6.42 Å². The first kappa shape index (κ1) is 28.3. The van der Waals surface area contributed by atoms with Crippen LogP contribution in [0.4, 0.5) is 0 Å². The summed E-state index contributed by atoms with van der Waals surface area (Å²) in [6.07, 6.45) is 7.20. The van der Waals surface area contributed by atoms with Crippen molar-refractivity contribution in [2.45, 2.75) is 13.0 Å². The molecular weight excluding hydrogens is 750 g/mol. The predicted molar refractivity (Wildman–Crippen MR) is 174 cm³/mol. The zero-order valence-electron chi connectivity index (χ0n) is 21.3. The Labute approximate surface area is 262 Å². The molecule has 0 fully saturated rings. The Morgan fingerprint density at radius 2 is 1.75 bits per heavy atom. The minimum atomic E-state index is -0.700. The molecule has 3 aromatic carbocycles. The van der Waals surface area contributed by atoms with E-state index in [2.05, 4.69) is 51.1 Å². The summed E-state index contributed by atoms with van der Waals surface area (Å²) in [5.41, 5.74) is 3.01.